The molecule has 0 saturated heterocycles. The van der Waals surface area contributed by atoms with Crippen LogP contribution < -0.4 is 0 Å². The first kappa shape index (κ1) is 9.09. The fourth-order valence-corrected chi connectivity index (χ4v) is 1.89. The van der Waals surface area contributed by atoms with Crippen LogP contribution in [0.5, 0.6) is 0 Å². The van der Waals surface area contributed by atoms with Crippen molar-refractivity contribution >= 4 is 11.0 Å². The number of nitrogens with zero attached hydrogens (tertiary/aromatic N) is 2. The minimum atomic E-state index is 0.916. The molecule has 0 saturated carbocycles. The van der Waals surface area contributed by atoms with Gasteiger partial charge in [-0.25, -0.2) is 4.98 Å². The summed E-state index contributed by atoms with van der Waals surface area (Å²) in [4.78, 5) is 11.9. The second kappa shape index (κ2) is 3.45. The van der Waals surface area contributed by atoms with Crippen LogP contribution in [0, 0.1) is 6.92 Å². The van der Waals surface area contributed by atoms with Crippen molar-refractivity contribution in [3.8, 4) is 11.1 Å². The van der Waals surface area contributed by atoms with Gasteiger partial charge in [-0.1, -0.05) is 30.3 Å². The number of aryl methyl sites for hydroxylation is 1. The summed E-state index contributed by atoms with van der Waals surface area (Å²) in [5.74, 6) is 0.917. The first-order chi connectivity index (χ1) is 7.84. The first-order valence-corrected chi connectivity index (χ1v) is 5.20. The van der Waals surface area contributed by atoms with Crippen LogP contribution in [-0.2, 0) is 0 Å². The predicted octanol–water partition coefficient (Wildman–Crippen LogP) is 2.93. The fraction of sp³-hybridized carbons (Fsp3) is 0.0769. The number of pyridine rings is 1. The Bertz CT molecular complexity index is 626. The minimum Gasteiger partial charge on any atom is -0.342 e. The summed E-state index contributed by atoms with van der Waals surface area (Å²) in [7, 11) is 0. The van der Waals surface area contributed by atoms with Gasteiger partial charge in [0.05, 0.1) is 11.7 Å². The van der Waals surface area contributed by atoms with E-state index in [1.807, 2.05) is 31.3 Å². The lowest BCUT2D eigenvalue weighted by Gasteiger charge is -2.01. The quantitative estimate of drug-likeness (QED) is 0.669. The van der Waals surface area contributed by atoms with Crippen molar-refractivity contribution in [2.45, 2.75) is 6.92 Å². The molecule has 1 N–H and O–H groups in total. The Balaban J connectivity index is 2.31. The molecule has 78 valence electrons. The van der Waals surface area contributed by atoms with Crippen LogP contribution in [0.15, 0.2) is 42.7 Å². The topological polar surface area (TPSA) is 41.6 Å². The van der Waals surface area contributed by atoms with E-state index < -0.39 is 0 Å². The molecular formula is C13H11N3. The Morgan fingerprint density at radius 1 is 1.06 bits per heavy atom. The van der Waals surface area contributed by atoms with E-state index in [1.54, 1.807) is 6.20 Å². The summed E-state index contributed by atoms with van der Waals surface area (Å²) in [6.45, 7) is 1.95. The number of nitrogens with one attached hydrogen (secondary N) is 1. The van der Waals surface area contributed by atoms with E-state index in [-0.39, 0.29) is 0 Å². The predicted molar refractivity (Wildman–Crippen MR) is 64.1 cm³/mol. The number of fused-ring (bicyclic) bond motifs is 1. The van der Waals surface area contributed by atoms with Crippen molar-refractivity contribution in [3.05, 3.63) is 48.5 Å². The Morgan fingerprint density at radius 2 is 1.88 bits per heavy atom. The standard InChI is InChI=1S/C13H11N3/c1-9-15-12-8-14-7-11(13(12)16-9)10-5-3-2-4-6-10/h2-8H,1H3,(H,15,16). The molecule has 2 aromatic heterocycles. The lowest BCUT2D eigenvalue weighted by Crippen LogP contribution is -1.82. The van der Waals surface area contributed by atoms with Gasteiger partial charge in [0.1, 0.15) is 11.3 Å². The smallest absolute Gasteiger partial charge is 0.107 e. The minimum absolute atomic E-state index is 0.916. The Morgan fingerprint density at radius 3 is 2.69 bits per heavy atom. The van der Waals surface area contributed by atoms with Crippen LogP contribution in [0.4, 0.5) is 0 Å². The lowest BCUT2D eigenvalue weighted by molar-refractivity contribution is 1.17. The third kappa shape index (κ3) is 1.37. The molecule has 0 aliphatic rings. The van der Waals surface area contributed by atoms with Gasteiger partial charge in [0.2, 0.25) is 0 Å². The molecule has 0 fully saturated rings. The van der Waals surface area contributed by atoms with Crippen molar-refractivity contribution < 1.29 is 0 Å². The molecule has 0 unspecified atom stereocenters. The molecule has 0 radical (unpaired) electrons. The fourth-order valence-electron chi connectivity index (χ4n) is 1.89. The monoisotopic (exact) mass is 209 g/mol. The molecular weight excluding hydrogens is 198 g/mol. The normalized spacial score (nSPS) is 10.8. The number of hydrogen-bond acceptors (Lipinski definition) is 2. The van der Waals surface area contributed by atoms with Gasteiger partial charge in [-0.2, -0.15) is 0 Å². The molecule has 0 aliphatic carbocycles. The summed E-state index contributed by atoms with van der Waals surface area (Å²) >= 11 is 0. The van der Waals surface area contributed by atoms with Gasteiger partial charge in [-0.3, -0.25) is 4.98 Å². The van der Waals surface area contributed by atoms with Crippen molar-refractivity contribution in [2.75, 3.05) is 0 Å². The van der Waals surface area contributed by atoms with E-state index in [9.17, 15) is 0 Å². The highest BCUT2D eigenvalue weighted by molar-refractivity contribution is 5.90. The number of imidazole rings is 1. The van der Waals surface area contributed by atoms with Crippen LogP contribution >= 0.6 is 0 Å². The lowest BCUT2D eigenvalue weighted by atomic mass is 10.1. The van der Waals surface area contributed by atoms with Crippen molar-refractivity contribution in [2.24, 2.45) is 0 Å². The number of aromatic amines is 1. The van der Waals surface area contributed by atoms with E-state index in [0.29, 0.717) is 0 Å². The zero-order chi connectivity index (χ0) is 11.0. The Kier molecular flexibility index (Phi) is 1.96. The molecule has 0 bridgehead atoms. The number of aromatic nitrogens is 3. The van der Waals surface area contributed by atoms with Crippen LogP contribution in [0.2, 0.25) is 0 Å². The molecule has 16 heavy (non-hydrogen) atoms. The highest BCUT2D eigenvalue weighted by atomic mass is 14.9. The van der Waals surface area contributed by atoms with Gasteiger partial charge in [0.15, 0.2) is 0 Å². The largest absolute Gasteiger partial charge is 0.342 e. The highest BCUT2D eigenvalue weighted by Gasteiger charge is 2.06. The molecule has 3 nitrogen and oxygen atoms in total. The summed E-state index contributed by atoms with van der Waals surface area (Å²) < 4.78 is 0. The maximum Gasteiger partial charge on any atom is 0.107 e. The van der Waals surface area contributed by atoms with E-state index >= 15 is 0 Å². The average molecular weight is 209 g/mol. The first-order valence-electron chi connectivity index (χ1n) is 5.20. The molecule has 0 spiro atoms. The van der Waals surface area contributed by atoms with Crippen LogP contribution in [0.25, 0.3) is 22.2 Å². The second-order valence-electron chi connectivity index (χ2n) is 3.77. The number of rotatable bonds is 1. The van der Waals surface area contributed by atoms with Crippen LogP contribution in [0.1, 0.15) is 5.82 Å². The van der Waals surface area contributed by atoms with Crippen molar-refractivity contribution in [1.82, 2.24) is 15.0 Å². The van der Waals surface area contributed by atoms with Crippen LogP contribution in [0.3, 0.4) is 0 Å². The van der Waals surface area contributed by atoms with Gasteiger partial charge in [0, 0.05) is 11.8 Å². The van der Waals surface area contributed by atoms with Crippen molar-refractivity contribution in [3.63, 3.8) is 0 Å². The van der Waals surface area contributed by atoms with Crippen molar-refractivity contribution in [1.29, 1.82) is 0 Å². The zero-order valence-corrected chi connectivity index (χ0v) is 8.94. The van der Waals surface area contributed by atoms with Gasteiger partial charge < -0.3 is 4.98 Å². The van der Waals surface area contributed by atoms with Gasteiger partial charge in [0.25, 0.3) is 0 Å². The number of hydrogen-bond donors (Lipinski definition) is 1. The number of H-pyrrole nitrogens is 1. The molecule has 0 atom stereocenters. The van der Waals surface area contributed by atoms with Gasteiger partial charge in [-0.05, 0) is 12.5 Å². The maximum absolute atomic E-state index is 4.38. The molecule has 3 heteroatoms. The molecule has 3 rings (SSSR count). The summed E-state index contributed by atoms with van der Waals surface area (Å²) in [5, 5.41) is 0. The summed E-state index contributed by atoms with van der Waals surface area (Å²) in [6.07, 6.45) is 3.65. The molecule has 3 aromatic rings. The Hall–Kier alpha value is -2.16. The zero-order valence-electron chi connectivity index (χ0n) is 8.94. The third-order valence-corrected chi connectivity index (χ3v) is 2.60. The van der Waals surface area contributed by atoms with Gasteiger partial charge in [-0.15, -0.1) is 0 Å². The second-order valence-corrected chi connectivity index (χ2v) is 3.77. The molecule has 0 amide bonds. The molecule has 2 heterocycles. The van der Waals surface area contributed by atoms with Crippen LogP contribution in [-0.4, -0.2) is 15.0 Å². The Labute approximate surface area is 93.2 Å². The molecule has 0 aliphatic heterocycles. The molecule has 1 aromatic carbocycles. The highest BCUT2D eigenvalue weighted by Crippen LogP contribution is 2.25. The SMILES string of the molecule is Cc1nc2cncc(-c3ccccc3)c2[nH]1. The van der Waals surface area contributed by atoms with Gasteiger partial charge >= 0.3 is 0 Å². The van der Waals surface area contributed by atoms with E-state index in [2.05, 4.69) is 27.1 Å². The maximum atomic E-state index is 4.38. The average Bonchev–Trinajstić information content (AvgIpc) is 2.70. The number of benzene rings is 1. The summed E-state index contributed by atoms with van der Waals surface area (Å²) in [5.41, 5.74) is 4.22. The van der Waals surface area contributed by atoms with E-state index in [1.165, 1.54) is 0 Å². The summed E-state index contributed by atoms with van der Waals surface area (Å²) in [6, 6.07) is 10.2. The van der Waals surface area contributed by atoms with E-state index in [4.69, 9.17) is 0 Å². The third-order valence-electron chi connectivity index (χ3n) is 2.60. The van der Waals surface area contributed by atoms with E-state index in [0.717, 1.165) is 28.0 Å².